The van der Waals surface area contributed by atoms with Crippen molar-refractivity contribution in [1.29, 1.82) is 0 Å². The zero-order valence-corrected chi connectivity index (χ0v) is 14.7. The summed E-state index contributed by atoms with van der Waals surface area (Å²) in [5, 5.41) is 12.4. The van der Waals surface area contributed by atoms with Gasteiger partial charge in [-0.05, 0) is 29.7 Å². The van der Waals surface area contributed by atoms with Gasteiger partial charge in [0.15, 0.2) is 11.5 Å². The van der Waals surface area contributed by atoms with Gasteiger partial charge in [-0.25, -0.2) is 4.79 Å². The number of carbonyl (C=O) groups excluding carboxylic acids is 1. The number of carboxylic acids is 1. The lowest BCUT2D eigenvalue weighted by Gasteiger charge is -2.16. The summed E-state index contributed by atoms with van der Waals surface area (Å²) >= 11 is 0. The second-order valence-corrected chi connectivity index (χ2v) is 6.36. The van der Waals surface area contributed by atoms with Gasteiger partial charge < -0.3 is 19.9 Å². The molecule has 26 heavy (non-hydrogen) atoms. The quantitative estimate of drug-likeness (QED) is 0.796. The second kappa shape index (κ2) is 7.07. The fourth-order valence-corrected chi connectivity index (χ4v) is 3.25. The van der Waals surface area contributed by atoms with Crippen LogP contribution in [0.3, 0.4) is 0 Å². The average molecular weight is 355 g/mol. The highest BCUT2D eigenvalue weighted by Crippen LogP contribution is 2.51. The van der Waals surface area contributed by atoms with Gasteiger partial charge in [0.25, 0.3) is 0 Å². The van der Waals surface area contributed by atoms with Crippen molar-refractivity contribution in [2.45, 2.75) is 24.3 Å². The van der Waals surface area contributed by atoms with Crippen LogP contribution < -0.4 is 14.8 Å². The van der Waals surface area contributed by atoms with E-state index in [4.69, 9.17) is 9.47 Å². The number of methoxy groups -OCH3 is 2. The maximum atomic E-state index is 12.5. The Morgan fingerprint density at radius 1 is 1.12 bits per heavy atom. The van der Waals surface area contributed by atoms with E-state index >= 15 is 0 Å². The Labute approximate surface area is 151 Å². The Morgan fingerprint density at radius 3 is 2.42 bits per heavy atom. The smallest absolute Gasteiger partial charge is 0.330 e. The Hall–Kier alpha value is -3.02. The van der Waals surface area contributed by atoms with Crippen LogP contribution in [-0.4, -0.2) is 36.7 Å². The summed E-state index contributed by atoms with van der Waals surface area (Å²) in [6.07, 6.45) is 0.459. The van der Waals surface area contributed by atoms with E-state index in [9.17, 15) is 14.7 Å². The molecule has 1 amide bonds. The van der Waals surface area contributed by atoms with Gasteiger partial charge in [-0.15, -0.1) is 0 Å². The molecular weight excluding hydrogens is 334 g/mol. The lowest BCUT2D eigenvalue weighted by molar-refractivity contribution is -0.143. The van der Waals surface area contributed by atoms with Crippen LogP contribution >= 0.6 is 0 Å². The summed E-state index contributed by atoms with van der Waals surface area (Å²) in [7, 11) is 3.06. The fourth-order valence-electron chi connectivity index (χ4n) is 3.25. The molecule has 2 unspecified atom stereocenters. The van der Waals surface area contributed by atoms with E-state index in [1.165, 1.54) is 14.2 Å². The van der Waals surface area contributed by atoms with E-state index < -0.39 is 11.5 Å². The number of ether oxygens (including phenoxy) is 2. The average Bonchev–Trinajstić information content (AvgIpc) is 3.37. The third kappa shape index (κ3) is 3.35. The number of benzene rings is 2. The van der Waals surface area contributed by atoms with Crippen molar-refractivity contribution in [2.24, 2.45) is 0 Å². The zero-order chi connectivity index (χ0) is 18.7. The maximum absolute atomic E-state index is 12.5. The van der Waals surface area contributed by atoms with Crippen LogP contribution in [0.2, 0.25) is 0 Å². The molecular formula is C20H21NO5. The third-order valence-electron chi connectivity index (χ3n) is 4.72. The van der Waals surface area contributed by atoms with E-state index in [2.05, 4.69) is 5.32 Å². The molecule has 136 valence electrons. The first-order valence-electron chi connectivity index (χ1n) is 8.30. The molecule has 0 aromatic heterocycles. The predicted molar refractivity (Wildman–Crippen MR) is 95.6 cm³/mol. The van der Waals surface area contributed by atoms with Crippen molar-refractivity contribution in [1.82, 2.24) is 5.32 Å². The highest BCUT2D eigenvalue weighted by Gasteiger charge is 2.62. The molecule has 2 aromatic carbocycles. The van der Waals surface area contributed by atoms with Crippen molar-refractivity contribution in [3.63, 3.8) is 0 Å². The highest BCUT2D eigenvalue weighted by molar-refractivity contribution is 5.92. The highest BCUT2D eigenvalue weighted by atomic mass is 16.5. The normalized spacial score (nSPS) is 20.9. The number of hydrogen-bond donors (Lipinski definition) is 2. The summed E-state index contributed by atoms with van der Waals surface area (Å²) in [6, 6.07) is 14.6. The number of carbonyl (C=O) groups is 2. The minimum Gasteiger partial charge on any atom is -0.493 e. The molecule has 0 bridgehead atoms. The molecule has 0 radical (unpaired) electrons. The first-order valence-corrected chi connectivity index (χ1v) is 8.30. The fraction of sp³-hybridized carbons (Fsp3) is 0.300. The van der Waals surface area contributed by atoms with Gasteiger partial charge in [-0.1, -0.05) is 36.4 Å². The molecule has 0 saturated heterocycles. The van der Waals surface area contributed by atoms with Crippen molar-refractivity contribution >= 4 is 11.9 Å². The van der Waals surface area contributed by atoms with E-state index in [0.29, 0.717) is 17.9 Å². The first-order chi connectivity index (χ1) is 12.5. The molecule has 3 rings (SSSR count). The molecule has 0 spiro atoms. The van der Waals surface area contributed by atoms with Gasteiger partial charge in [0.05, 0.1) is 20.6 Å². The Kier molecular flexibility index (Phi) is 4.84. The van der Waals surface area contributed by atoms with Gasteiger partial charge >= 0.3 is 5.97 Å². The Balaban J connectivity index is 1.72. The van der Waals surface area contributed by atoms with Gasteiger partial charge in [0.2, 0.25) is 5.91 Å². The molecule has 2 atom stereocenters. The van der Waals surface area contributed by atoms with Crippen LogP contribution in [0.5, 0.6) is 11.5 Å². The molecule has 2 aromatic rings. The topological polar surface area (TPSA) is 84.9 Å². The van der Waals surface area contributed by atoms with Crippen molar-refractivity contribution in [3.05, 3.63) is 59.7 Å². The summed E-state index contributed by atoms with van der Waals surface area (Å²) < 4.78 is 10.4. The van der Waals surface area contributed by atoms with Gasteiger partial charge in [0.1, 0.15) is 5.54 Å². The summed E-state index contributed by atoms with van der Waals surface area (Å²) in [5.41, 5.74) is 0.411. The molecule has 6 heteroatoms. The Morgan fingerprint density at radius 2 is 1.81 bits per heavy atom. The standard InChI is InChI=1S/C20H21NO5/c1-25-16-9-8-13(10-17(16)26-2)11-18(22)21-20(19(23)24)12-15(20)14-6-4-3-5-7-14/h3-10,15H,11-12H2,1-2H3,(H,21,22)(H,23,24). The van der Waals surface area contributed by atoms with Crippen molar-refractivity contribution in [2.75, 3.05) is 14.2 Å². The third-order valence-corrected chi connectivity index (χ3v) is 4.72. The molecule has 0 aliphatic heterocycles. The monoisotopic (exact) mass is 355 g/mol. The van der Waals surface area contributed by atoms with E-state index in [1.54, 1.807) is 18.2 Å². The van der Waals surface area contributed by atoms with E-state index in [1.807, 2.05) is 30.3 Å². The van der Waals surface area contributed by atoms with Crippen LogP contribution in [-0.2, 0) is 16.0 Å². The van der Waals surface area contributed by atoms with Gasteiger partial charge in [0, 0.05) is 5.92 Å². The Bertz CT molecular complexity index is 820. The van der Waals surface area contributed by atoms with Crippen LogP contribution in [0.1, 0.15) is 23.5 Å². The van der Waals surface area contributed by atoms with Gasteiger partial charge in [-0.2, -0.15) is 0 Å². The number of carboxylic acid groups (broad SMARTS) is 1. The number of hydrogen-bond acceptors (Lipinski definition) is 4. The molecule has 2 N–H and O–H groups in total. The summed E-state index contributed by atoms with van der Waals surface area (Å²) in [4.78, 5) is 24.2. The van der Waals surface area contributed by atoms with Gasteiger partial charge in [-0.3, -0.25) is 4.79 Å². The van der Waals surface area contributed by atoms with E-state index in [-0.39, 0.29) is 18.2 Å². The van der Waals surface area contributed by atoms with Crippen molar-refractivity contribution in [3.8, 4) is 11.5 Å². The van der Waals surface area contributed by atoms with Crippen LogP contribution in [0.15, 0.2) is 48.5 Å². The summed E-state index contributed by atoms with van der Waals surface area (Å²) in [6.45, 7) is 0. The lowest BCUT2D eigenvalue weighted by Crippen LogP contribution is -2.45. The molecule has 1 saturated carbocycles. The lowest BCUT2D eigenvalue weighted by atomic mass is 10.1. The molecule has 1 aliphatic carbocycles. The molecule has 6 nitrogen and oxygen atoms in total. The van der Waals surface area contributed by atoms with Crippen LogP contribution in [0.25, 0.3) is 0 Å². The zero-order valence-electron chi connectivity index (χ0n) is 14.7. The SMILES string of the molecule is COc1ccc(CC(=O)NC2(C(=O)O)CC2c2ccccc2)cc1OC. The largest absolute Gasteiger partial charge is 0.493 e. The molecule has 1 aliphatic rings. The molecule has 1 fully saturated rings. The number of rotatable bonds is 7. The van der Waals surface area contributed by atoms with Crippen LogP contribution in [0.4, 0.5) is 0 Å². The number of amides is 1. The maximum Gasteiger partial charge on any atom is 0.330 e. The van der Waals surface area contributed by atoms with E-state index in [0.717, 1.165) is 11.1 Å². The minimum absolute atomic E-state index is 0.0664. The minimum atomic E-state index is -1.23. The second-order valence-electron chi connectivity index (χ2n) is 6.36. The van der Waals surface area contributed by atoms with Crippen molar-refractivity contribution < 1.29 is 24.2 Å². The molecule has 0 heterocycles. The van der Waals surface area contributed by atoms with Crippen LogP contribution in [0, 0.1) is 0 Å². The first kappa shape index (κ1) is 17.8. The number of nitrogens with one attached hydrogen (secondary N) is 1. The predicted octanol–water partition coefficient (Wildman–Crippen LogP) is 2.37. The number of aliphatic carboxylic acids is 1. The summed E-state index contributed by atoms with van der Waals surface area (Å²) in [5.74, 6) is -0.454.